The van der Waals surface area contributed by atoms with E-state index in [1.807, 2.05) is 0 Å². The minimum absolute atomic E-state index is 0.122. The quantitative estimate of drug-likeness (QED) is 0.714. The van der Waals surface area contributed by atoms with Gasteiger partial charge in [-0.05, 0) is 35.9 Å². The van der Waals surface area contributed by atoms with E-state index in [1.165, 1.54) is 24.3 Å². The lowest BCUT2D eigenvalue weighted by atomic mass is 9.98. The normalized spacial score (nSPS) is 11.6. The minimum Gasteiger partial charge on any atom is -0.399 e. The van der Waals surface area contributed by atoms with Crippen LogP contribution in [0.15, 0.2) is 36.4 Å². The lowest BCUT2D eigenvalue weighted by molar-refractivity contribution is -0.137. The number of alkyl halides is 3. The summed E-state index contributed by atoms with van der Waals surface area (Å²) < 4.78 is 39.0. The first kappa shape index (κ1) is 14.0. The molecule has 0 fully saturated rings. The number of halogens is 5. The lowest BCUT2D eigenvalue weighted by Gasteiger charge is -2.15. The van der Waals surface area contributed by atoms with Crippen LogP contribution in [0.3, 0.4) is 0 Å². The van der Waals surface area contributed by atoms with Crippen molar-refractivity contribution in [1.82, 2.24) is 0 Å². The van der Waals surface area contributed by atoms with E-state index in [9.17, 15) is 13.2 Å². The number of anilines is 1. The van der Waals surface area contributed by atoms with Crippen LogP contribution < -0.4 is 5.73 Å². The van der Waals surface area contributed by atoms with Crippen LogP contribution in [-0.4, -0.2) is 0 Å². The molecule has 0 radical (unpaired) electrons. The maximum absolute atomic E-state index is 13.0. The zero-order valence-corrected chi connectivity index (χ0v) is 10.9. The average molecular weight is 306 g/mol. The van der Waals surface area contributed by atoms with E-state index in [1.54, 1.807) is 6.07 Å². The molecule has 0 saturated carbocycles. The highest BCUT2D eigenvalue weighted by molar-refractivity contribution is 6.39. The molecule has 1 nitrogen and oxygen atoms in total. The zero-order chi connectivity index (χ0) is 14.2. The van der Waals surface area contributed by atoms with Gasteiger partial charge in [-0.3, -0.25) is 0 Å². The van der Waals surface area contributed by atoms with Crippen molar-refractivity contribution in [2.45, 2.75) is 6.18 Å². The Kier molecular flexibility index (Phi) is 3.65. The molecule has 0 aliphatic carbocycles. The van der Waals surface area contributed by atoms with Gasteiger partial charge in [0.2, 0.25) is 0 Å². The molecule has 2 aromatic carbocycles. The van der Waals surface area contributed by atoms with Gasteiger partial charge in [0.1, 0.15) is 0 Å². The number of hydrogen-bond acceptors (Lipinski definition) is 1. The second-order valence-electron chi connectivity index (χ2n) is 3.90. The van der Waals surface area contributed by atoms with Crippen molar-refractivity contribution in [3.8, 4) is 11.1 Å². The second kappa shape index (κ2) is 4.94. The Morgan fingerprint density at radius 1 is 0.947 bits per heavy atom. The molecule has 0 spiro atoms. The number of rotatable bonds is 1. The van der Waals surface area contributed by atoms with Gasteiger partial charge in [0.25, 0.3) is 0 Å². The van der Waals surface area contributed by atoms with E-state index in [-0.39, 0.29) is 26.9 Å². The fourth-order valence-corrected chi connectivity index (χ4v) is 2.37. The summed E-state index contributed by atoms with van der Waals surface area (Å²) in [4.78, 5) is 0. The molecule has 0 atom stereocenters. The molecule has 0 aromatic heterocycles. The lowest BCUT2D eigenvalue weighted by Crippen LogP contribution is -2.08. The molecule has 2 N–H and O–H groups in total. The molecule has 2 aromatic rings. The third kappa shape index (κ3) is 2.80. The molecule has 0 bridgehead atoms. The van der Waals surface area contributed by atoms with Crippen molar-refractivity contribution in [2.75, 3.05) is 5.73 Å². The Morgan fingerprint density at radius 2 is 1.53 bits per heavy atom. The predicted octanol–water partition coefficient (Wildman–Crippen LogP) is 5.26. The second-order valence-corrected chi connectivity index (χ2v) is 4.71. The maximum Gasteiger partial charge on any atom is 0.417 e. The van der Waals surface area contributed by atoms with Crippen LogP contribution in [0.2, 0.25) is 10.0 Å². The van der Waals surface area contributed by atoms with Gasteiger partial charge in [0.05, 0.1) is 5.56 Å². The summed E-state index contributed by atoms with van der Waals surface area (Å²) in [6.07, 6.45) is -4.51. The molecule has 0 amide bonds. The van der Waals surface area contributed by atoms with Gasteiger partial charge >= 0.3 is 6.18 Å². The third-order valence-electron chi connectivity index (χ3n) is 2.58. The smallest absolute Gasteiger partial charge is 0.399 e. The van der Waals surface area contributed by atoms with Crippen LogP contribution in [0.1, 0.15) is 5.56 Å². The molecule has 0 unspecified atom stereocenters. The van der Waals surface area contributed by atoms with Gasteiger partial charge in [-0.2, -0.15) is 13.2 Å². The number of nitrogens with two attached hydrogens (primary N) is 1. The van der Waals surface area contributed by atoms with Gasteiger partial charge in [-0.1, -0.05) is 29.3 Å². The van der Waals surface area contributed by atoms with Gasteiger partial charge < -0.3 is 5.73 Å². The average Bonchev–Trinajstić information content (AvgIpc) is 2.27. The Morgan fingerprint density at radius 3 is 2.05 bits per heavy atom. The summed E-state index contributed by atoms with van der Waals surface area (Å²) in [5.74, 6) is 0. The van der Waals surface area contributed by atoms with Crippen LogP contribution in [0, 0.1) is 0 Å². The maximum atomic E-state index is 13.0. The molecule has 2 rings (SSSR count). The highest BCUT2D eigenvalue weighted by atomic mass is 35.5. The van der Waals surface area contributed by atoms with Crippen LogP contribution in [0.4, 0.5) is 18.9 Å². The Bertz CT molecular complexity index is 604. The summed E-state index contributed by atoms with van der Waals surface area (Å²) in [5, 5.41) is 0.284. The molecule has 100 valence electrons. The van der Waals surface area contributed by atoms with E-state index in [0.717, 1.165) is 6.07 Å². The number of benzene rings is 2. The molecule has 0 saturated heterocycles. The fraction of sp³-hybridized carbons (Fsp3) is 0.0769. The molecule has 0 aliphatic rings. The van der Waals surface area contributed by atoms with Crippen molar-refractivity contribution in [3.63, 3.8) is 0 Å². The van der Waals surface area contributed by atoms with E-state index < -0.39 is 11.7 Å². The highest BCUT2D eigenvalue weighted by Gasteiger charge is 2.34. The minimum atomic E-state index is -4.51. The first-order valence-electron chi connectivity index (χ1n) is 5.22. The van der Waals surface area contributed by atoms with Crippen LogP contribution in [0.5, 0.6) is 0 Å². The summed E-state index contributed by atoms with van der Waals surface area (Å²) in [7, 11) is 0. The van der Waals surface area contributed by atoms with Crippen molar-refractivity contribution >= 4 is 28.9 Å². The van der Waals surface area contributed by atoms with Gasteiger partial charge in [-0.15, -0.1) is 0 Å². The number of nitrogen functional groups attached to an aromatic ring is 1. The van der Waals surface area contributed by atoms with E-state index in [0.29, 0.717) is 0 Å². The predicted molar refractivity (Wildman–Crippen MR) is 71.3 cm³/mol. The Labute approximate surface area is 117 Å². The van der Waals surface area contributed by atoms with Crippen molar-refractivity contribution in [1.29, 1.82) is 0 Å². The third-order valence-corrected chi connectivity index (χ3v) is 3.21. The van der Waals surface area contributed by atoms with Gasteiger partial charge in [0.15, 0.2) is 0 Å². The summed E-state index contributed by atoms with van der Waals surface area (Å²) in [6.45, 7) is 0. The first-order chi connectivity index (χ1) is 8.80. The molecule has 0 heterocycles. The van der Waals surface area contributed by atoms with E-state index in [2.05, 4.69) is 0 Å². The van der Waals surface area contributed by atoms with Crippen molar-refractivity contribution in [2.24, 2.45) is 0 Å². The van der Waals surface area contributed by atoms with Crippen LogP contribution in [0.25, 0.3) is 11.1 Å². The Hall–Kier alpha value is -1.39. The molecular weight excluding hydrogens is 298 g/mol. The van der Waals surface area contributed by atoms with Gasteiger partial charge in [0, 0.05) is 21.3 Å². The molecular formula is C13H8Cl2F3N. The molecule has 6 heteroatoms. The number of hydrogen-bond donors (Lipinski definition) is 1. The molecule has 19 heavy (non-hydrogen) atoms. The molecule has 0 aliphatic heterocycles. The topological polar surface area (TPSA) is 26.0 Å². The van der Waals surface area contributed by atoms with E-state index >= 15 is 0 Å². The standard InChI is InChI=1S/C13H8Cl2F3N/c14-10-2-1-3-11(15)12(10)8-6-7(19)4-5-9(8)13(16,17)18/h1-6H,19H2. The van der Waals surface area contributed by atoms with Crippen molar-refractivity contribution < 1.29 is 13.2 Å². The van der Waals surface area contributed by atoms with Crippen molar-refractivity contribution in [3.05, 3.63) is 52.0 Å². The monoisotopic (exact) mass is 305 g/mol. The van der Waals surface area contributed by atoms with Gasteiger partial charge in [-0.25, -0.2) is 0 Å². The van der Waals surface area contributed by atoms with E-state index in [4.69, 9.17) is 28.9 Å². The Balaban J connectivity index is 2.78. The highest BCUT2D eigenvalue weighted by Crippen LogP contribution is 2.43. The summed E-state index contributed by atoms with van der Waals surface area (Å²) in [6, 6.07) is 7.85. The first-order valence-corrected chi connectivity index (χ1v) is 5.97. The summed E-state index contributed by atoms with van der Waals surface area (Å²) in [5.41, 5.74) is 4.95. The fourth-order valence-electron chi connectivity index (χ4n) is 1.77. The van der Waals surface area contributed by atoms with Crippen LogP contribution in [-0.2, 0) is 6.18 Å². The summed E-state index contributed by atoms with van der Waals surface area (Å²) >= 11 is 11.9. The zero-order valence-electron chi connectivity index (χ0n) is 9.43. The largest absolute Gasteiger partial charge is 0.417 e. The van der Waals surface area contributed by atoms with Crippen LogP contribution >= 0.6 is 23.2 Å². The SMILES string of the molecule is Nc1ccc(C(F)(F)F)c(-c2c(Cl)cccc2Cl)c1.